The van der Waals surface area contributed by atoms with E-state index >= 15 is 0 Å². The van der Waals surface area contributed by atoms with E-state index in [0.29, 0.717) is 28.6 Å². The summed E-state index contributed by atoms with van der Waals surface area (Å²) in [5.41, 5.74) is 6.77. The summed E-state index contributed by atoms with van der Waals surface area (Å²) in [7, 11) is 0. The van der Waals surface area contributed by atoms with E-state index in [0.717, 1.165) is 0 Å². The first kappa shape index (κ1) is 9.71. The second kappa shape index (κ2) is 3.51. The van der Waals surface area contributed by atoms with Gasteiger partial charge in [0.15, 0.2) is 18.2 Å². The number of carbonyl (C=O) groups is 1. The molecule has 1 aromatic carbocycles. The highest BCUT2D eigenvalue weighted by Gasteiger charge is 2.21. The fraction of sp³-hybridized carbons (Fsp3) is 0.0909. The van der Waals surface area contributed by atoms with Crippen LogP contribution in [0.3, 0.4) is 0 Å². The standard InChI is InChI=1S/C11H9N3O3/c12-9-4-8(17-14-9)6-2-1-3-7-11(6)13-10(15)5-16-7/h1-4H,5H2,(H2,12,14)(H,13,15). The summed E-state index contributed by atoms with van der Waals surface area (Å²) in [6.07, 6.45) is 0. The van der Waals surface area contributed by atoms with Gasteiger partial charge in [-0.3, -0.25) is 4.79 Å². The first-order valence-corrected chi connectivity index (χ1v) is 5.02. The monoisotopic (exact) mass is 231 g/mol. The summed E-state index contributed by atoms with van der Waals surface area (Å²) < 4.78 is 10.4. The Morgan fingerprint density at radius 1 is 1.41 bits per heavy atom. The molecule has 0 aliphatic carbocycles. The number of nitrogen functional groups attached to an aromatic ring is 1. The zero-order valence-corrected chi connectivity index (χ0v) is 8.77. The molecule has 0 fully saturated rings. The van der Waals surface area contributed by atoms with Gasteiger partial charge < -0.3 is 20.3 Å². The fourth-order valence-electron chi connectivity index (χ4n) is 1.72. The van der Waals surface area contributed by atoms with Gasteiger partial charge in [0.1, 0.15) is 5.75 Å². The number of benzene rings is 1. The van der Waals surface area contributed by atoms with Crippen molar-refractivity contribution in [3.05, 3.63) is 24.3 Å². The fourth-order valence-corrected chi connectivity index (χ4v) is 1.72. The maximum absolute atomic E-state index is 11.3. The van der Waals surface area contributed by atoms with Crippen molar-refractivity contribution in [1.82, 2.24) is 5.16 Å². The van der Waals surface area contributed by atoms with Crippen LogP contribution in [0.5, 0.6) is 5.75 Å². The molecule has 0 saturated carbocycles. The van der Waals surface area contributed by atoms with E-state index in [1.165, 1.54) is 0 Å². The molecule has 0 bridgehead atoms. The Bertz CT molecular complexity index is 591. The zero-order valence-electron chi connectivity index (χ0n) is 8.77. The Morgan fingerprint density at radius 2 is 2.29 bits per heavy atom. The van der Waals surface area contributed by atoms with Crippen molar-refractivity contribution in [2.75, 3.05) is 17.7 Å². The lowest BCUT2D eigenvalue weighted by atomic mass is 10.1. The van der Waals surface area contributed by atoms with Crippen LogP contribution in [0.1, 0.15) is 0 Å². The van der Waals surface area contributed by atoms with Crippen LogP contribution in [0.15, 0.2) is 28.8 Å². The van der Waals surface area contributed by atoms with Crippen molar-refractivity contribution in [1.29, 1.82) is 0 Å². The molecule has 3 rings (SSSR count). The quantitative estimate of drug-likeness (QED) is 0.770. The van der Waals surface area contributed by atoms with E-state index in [2.05, 4.69) is 10.5 Å². The number of rotatable bonds is 1. The van der Waals surface area contributed by atoms with Gasteiger partial charge in [0.2, 0.25) is 0 Å². The van der Waals surface area contributed by atoms with Gasteiger partial charge in [-0.25, -0.2) is 0 Å². The predicted octanol–water partition coefficient (Wildman–Crippen LogP) is 1.25. The number of hydrogen-bond acceptors (Lipinski definition) is 5. The summed E-state index contributed by atoms with van der Waals surface area (Å²) in [6, 6.07) is 6.98. The molecule has 0 atom stereocenters. The molecular formula is C11H9N3O3. The second-order valence-electron chi connectivity index (χ2n) is 3.63. The highest BCUT2D eigenvalue weighted by molar-refractivity contribution is 5.99. The van der Waals surface area contributed by atoms with Gasteiger partial charge in [0, 0.05) is 11.6 Å². The Hall–Kier alpha value is -2.50. The molecule has 0 unspecified atom stereocenters. The van der Waals surface area contributed by atoms with Crippen molar-refractivity contribution in [2.24, 2.45) is 0 Å². The Labute approximate surface area is 96.3 Å². The number of amides is 1. The minimum absolute atomic E-state index is 0.0228. The molecule has 86 valence electrons. The number of nitrogens with two attached hydrogens (primary N) is 1. The topological polar surface area (TPSA) is 90.4 Å². The van der Waals surface area contributed by atoms with Crippen molar-refractivity contribution >= 4 is 17.4 Å². The third-order valence-corrected chi connectivity index (χ3v) is 2.44. The van der Waals surface area contributed by atoms with E-state index in [4.69, 9.17) is 15.0 Å². The molecule has 6 heteroatoms. The third kappa shape index (κ3) is 1.59. The molecule has 0 spiro atoms. The lowest BCUT2D eigenvalue weighted by Crippen LogP contribution is -2.25. The number of aromatic nitrogens is 1. The molecule has 1 aliphatic rings. The first-order chi connectivity index (χ1) is 8.24. The summed E-state index contributed by atoms with van der Waals surface area (Å²) in [5.74, 6) is 1.19. The number of para-hydroxylation sites is 1. The van der Waals surface area contributed by atoms with Crippen molar-refractivity contribution < 1.29 is 14.1 Å². The highest BCUT2D eigenvalue weighted by atomic mass is 16.5. The van der Waals surface area contributed by atoms with E-state index in [9.17, 15) is 4.79 Å². The lowest BCUT2D eigenvalue weighted by Gasteiger charge is -2.19. The van der Waals surface area contributed by atoms with Gasteiger partial charge in [-0.2, -0.15) is 0 Å². The summed E-state index contributed by atoms with van der Waals surface area (Å²) in [4.78, 5) is 11.3. The van der Waals surface area contributed by atoms with E-state index in [1.54, 1.807) is 18.2 Å². The molecule has 2 heterocycles. The van der Waals surface area contributed by atoms with Gasteiger partial charge in [-0.05, 0) is 12.1 Å². The normalized spacial score (nSPS) is 13.8. The van der Waals surface area contributed by atoms with Crippen molar-refractivity contribution in [3.63, 3.8) is 0 Å². The van der Waals surface area contributed by atoms with Crippen LogP contribution >= 0.6 is 0 Å². The van der Waals surface area contributed by atoms with E-state index in [-0.39, 0.29) is 12.5 Å². The highest BCUT2D eigenvalue weighted by Crippen LogP contribution is 2.37. The molecule has 1 amide bonds. The molecule has 2 aromatic rings. The number of carbonyl (C=O) groups excluding carboxylic acids is 1. The van der Waals surface area contributed by atoms with Crippen LogP contribution < -0.4 is 15.8 Å². The van der Waals surface area contributed by atoms with Crippen LogP contribution in [0.4, 0.5) is 11.5 Å². The molecule has 3 N–H and O–H groups in total. The zero-order chi connectivity index (χ0) is 11.8. The largest absolute Gasteiger partial charge is 0.482 e. The molecule has 0 saturated heterocycles. The summed E-state index contributed by atoms with van der Waals surface area (Å²) in [6.45, 7) is 0.0228. The molecule has 17 heavy (non-hydrogen) atoms. The number of anilines is 2. The second-order valence-corrected chi connectivity index (χ2v) is 3.63. The Balaban J connectivity index is 2.14. The molecular weight excluding hydrogens is 222 g/mol. The molecule has 6 nitrogen and oxygen atoms in total. The van der Waals surface area contributed by atoms with Crippen LogP contribution in [0, 0.1) is 0 Å². The number of ether oxygens (including phenoxy) is 1. The molecule has 1 aliphatic heterocycles. The average Bonchev–Trinajstić information content (AvgIpc) is 2.75. The van der Waals surface area contributed by atoms with Crippen molar-refractivity contribution in [3.8, 4) is 17.1 Å². The third-order valence-electron chi connectivity index (χ3n) is 2.44. The number of nitrogens with zero attached hydrogens (tertiary/aromatic N) is 1. The summed E-state index contributed by atoms with van der Waals surface area (Å²) >= 11 is 0. The number of fused-ring (bicyclic) bond motifs is 1. The van der Waals surface area contributed by atoms with Gasteiger partial charge in [-0.15, -0.1) is 0 Å². The smallest absolute Gasteiger partial charge is 0.262 e. The maximum Gasteiger partial charge on any atom is 0.262 e. The Kier molecular flexibility index (Phi) is 2.01. The minimum atomic E-state index is -0.197. The Morgan fingerprint density at radius 3 is 3.06 bits per heavy atom. The van der Waals surface area contributed by atoms with Crippen LogP contribution in [-0.2, 0) is 4.79 Å². The van der Waals surface area contributed by atoms with Crippen LogP contribution in [0.25, 0.3) is 11.3 Å². The number of hydrogen-bond donors (Lipinski definition) is 2. The van der Waals surface area contributed by atoms with Crippen LogP contribution in [-0.4, -0.2) is 17.7 Å². The minimum Gasteiger partial charge on any atom is -0.482 e. The van der Waals surface area contributed by atoms with Gasteiger partial charge in [0.25, 0.3) is 5.91 Å². The average molecular weight is 231 g/mol. The van der Waals surface area contributed by atoms with Gasteiger partial charge >= 0.3 is 0 Å². The van der Waals surface area contributed by atoms with Gasteiger partial charge in [-0.1, -0.05) is 11.2 Å². The van der Waals surface area contributed by atoms with Crippen LogP contribution in [0.2, 0.25) is 0 Å². The first-order valence-electron chi connectivity index (χ1n) is 5.02. The SMILES string of the molecule is Nc1cc(-c2cccc3c2NC(=O)CO3)on1. The lowest BCUT2D eigenvalue weighted by molar-refractivity contribution is -0.118. The maximum atomic E-state index is 11.3. The molecule has 1 aromatic heterocycles. The number of nitrogens with one attached hydrogen (secondary N) is 1. The predicted molar refractivity (Wildman–Crippen MR) is 60.5 cm³/mol. The van der Waals surface area contributed by atoms with Crippen molar-refractivity contribution in [2.45, 2.75) is 0 Å². The van der Waals surface area contributed by atoms with E-state index in [1.807, 2.05) is 6.07 Å². The molecule has 0 radical (unpaired) electrons. The van der Waals surface area contributed by atoms with E-state index < -0.39 is 0 Å². The summed E-state index contributed by atoms with van der Waals surface area (Å²) in [5, 5.41) is 6.35. The van der Waals surface area contributed by atoms with Gasteiger partial charge in [0.05, 0.1) is 5.69 Å².